The topological polar surface area (TPSA) is 99.6 Å². The maximum absolute atomic E-state index is 13.9. The molecular weight excluding hydrogens is 526 g/mol. The molecule has 3 aromatic carbocycles. The van der Waals surface area contributed by atoms with E-state index in [1.54, 1.807) is 41.6 Å². The highest BCUT2D eigenvalue weighted by Gasteiger charge is 2.23. The van der Waals surface area contributed by atoms with E-state index in [-0.39, 0.29) is 30.2 Å². The van der Waals surface area contributed by atoms with E-state index in [0.717, 1.165) is 11.1 Å². The fraction of sp³-hybridized carbons (Fsp3) is 0.257. The Hall–Kier alpha value is -4.78. The van der Waals surface area contributed by atoms with Gasteiger partial charge in [-0.1, -0.05) is 87.5 Å². The number of benzene rings is 3. The SMILES string of the molecule is CC(C)(C)c1ccc(CNC(=O)c2ccccc2-c2ccccc2C(=O)N(CCC(=O)O)CCc2cccnc2)cc1. The van der Waals surface area contributed by atoms with E-state index >= 15 is 0 Å². The number of aliphatic carboxylic acids is 1. The van der Waals surface area contributed by atoms with Crippen molar-refractivity contribution in [2.45, 2.75) is 45.6 Å². The number of carboxylic acid groups (broad SMARTS) is 1. The van der Waals surface area contributed by atoms with Gasteiger partial charge in [-0.05, 0) is 57.9 Å². The van der Waals surface area contributed by atoms with Crippen LogP contribution in [0.4, 0.5) is 0 Å². The van der Waals surface area contributed by atoms with Crippen molar-refractivity contribution in [2.75, 3.05) is 13.1 Å². The number of amides is 2. The van der Waals surface area contributed by atoms with Gasteiger partial charge >= 0.3 is 5.97 Å². The molecule has 1 heterocycles. The molecule has 0 radical (unpaired) electrons. The fourth-order valence-electron chi connectivity index (χ4n) is 4.75. The second-order valence-electron chi connectivity index (χ2n) is 11.3. The third-order valence-electron chi connectivity index (χ3n) is 7.17. The number of rotatable bonds is 11. The molecule has 2 N–H and O–H groups in total. The summed E-state index contributed by atoms with van der Waals surface area (Å²) in [7, 11) is 0. The maximum Gasteiger partial charge on any atom is 0.305 e. The predicted octanol–water partition coefficient (Wildman–Crippen LogP) is 6.14. The Labute approximate surface area is 247 Å². The lowest BCUT2D eigenvalue weighted by Crippen LogP contribution is -2.35. The summed E-state index contributed by atoms with van der Waals surface area (Å²) in [5.74, 6) is -1.51. The van der Waals surface area contributed by atoms with Gasteiger partial charge in [0.2, 0.25) is 0 Å². The normalized spacial score (nSPS) is 11.1. The molecule has 0 saturated carbocycles. The summed E-state index contributed by atoms with van der Waals surface area (Å²) < 4.78 is 0. The van der Waals surface area contributed by atoms with Crippen LogP contribution in [0.25, 0.3) is 11.1 Å². The van der Waals surface area contributed by atoms with Crippen LogP contribution >= 0.6 is 0 Å². The summed E-state index contributed by atoms with van der Waals surface area (Å²) >= 11 is 0. The van der Waals surface area contributed by atoms with Crippen molar-refractivity contribution in [2.24, 2.45) is 0 Å². The van der Waals surface area contributed by atoms with Crippen molar-refractivity contribution in [3.05, 3.63) is 125 Å². The number of carbonyl (C=O) groups excluding carboxylic acids is 2. The van der Waals surface area contributed by atoms with Gasteiger partial charge < -0.3 is 15.3 Å². The van der Waals surface area contributed by atoms with E-state index in [2.05, 4.69) is 43.2 Å². The second-order valence-corrected chi connectivity index (χ2v) is 11.3. The number of hydrogen-bond donors (Lipinski definition) is 2. The molecule has 4 aromatic rings. The molecule has 216 valence electrons. The molecule has 0 saturated heterocycles. The van der Waals surface area contributed by atoms with Crippen LogP contribution in [0.15, 0.2) is 97.3 Å². The lowest BCUT2D eigenvalue weighted by molar-refractivity contribution is -0.137. The lowest BCUT2D eigenvalue weighted by Gasteiger charge is -2.24. The van der Waals surface area contributed by atoms with Crippen LogP contribution in [0.3, 0.4) is 0 Å². The van der Waals surface area contributed by atoms with Crippen LogP contribution in [0.2, 0.25) is 0 Å². The first-order chi connectivity index (χ1) is 20.1. The molecule has 1 aromatic heterocycles. The average Bonchev–Trinajstić information content (AvgIpc) is 2.99. The van der Waals surface area contributed by atoms with Gasteiger partial charge in [-0.3, -0.25) is 19.4 Å². The molecule has 7 nitrogen and oxygen atoms in total. The smallest absolute Gasteiger partial charge is 0.305 e. The van der Waals surface area contributed by atoms with Crippen LogP contribution in [-0.2, 0) is 23.2 Å². The first kappa shape index (κ1) is 30.2. The molecule has 0 bridgehead atoms. The van der Waals surface area contributed by atoms with Crippen molar-refractivity contribution < 1.29 is 19.5 Å². The first-order valence-corrected chi connectivity index (χ1v) is 14.1. The molecule has 0 aliphatic carbocycles. The molecule has 0 aliphatic heterocycles. The van der Waals surface area contributed by atoms with E-state index in [4.69, 9.17) is 0 Å². The fourth-order valence-corrected chi connectivity index (χ4v) is 4.75. The molecule has 0 fully saturated rings. The summed E-state index contributed by atoms with van der Waals surface area (Å²) in [6, 6.07) is 26.3. The van der Waals surface area contributed by atoms with Crippen molar-refractivity contribution >= 4 is 17.8 Å². The van der Waals surface area contributed by atoms with Crippen LogP contribution in [-0.4, -0.2) is 45.9 Å². The van der Waals surface area contributed by atoms with Crippen LogP contribution < -0.4 is 5.32 Å². The molecule has 0 aliphatic rings. The summed E-state index contributed by atoms with van der Waals surface area (Å²) in [4.78, 5) is 44.4. The van der Waals surface area contributed by atoms with Crippen molar-refractivity contribution in [1.29, 1.82) is 0 Å². The minimum Gasteiger partial charge on any atom is -0.481 e. The second kappa shape index (κ2) is 13.7. The Morgan fingerprint density at radius 3 is 2.05 bits per heavy atom. The van der Waals surface area contributed by atoms with Crippen LogP contribution in [0.1, 0.15) is 64.6 Å². The molecule has 4 rings (SSSR count). The standard InChI is InChI=1S/C35H37N3O4/c1-35(2,3)27-16-14-26(15-17-27)24-37-33(41)30-12-6-4-10-28(30)29-11-5-7-13-31(29)34(42)38(22-19-32(39)40)21-18-25-9-8-20-36-23-25/h4-17,20,23H,18-19,21-22,24H2,1-3H3,(H,37,41)(H,39,40). The van der Waals surface area contributed by atoms with E-state index in [9.17, 15) is 19.5 Å². The molecule has 0 unspecified atom stereocenters. The third-order valence-corrected chi connectivity index (χ3v) is 7.17. The number of aromatic nitrogens is 1. The molecular formula is C35H37N3O4. The van der Waals surface area contributed by atoms with Crippen LogP contribution in [0.5, 0.6) is 0 Å². The van der Waals surface area contributed by atoms with Gasteiger partial charge in [-0.15, -0.1) is 0 Å². The Kier molecular flexibility index (Phi) is 9.86. The summed E-state index contributed by atoms with van der Waals surface area (Å²) in [6.45, 7) is 7.26. The number of hydrogen-bond acceptors (Lipinski definition) is 4. The zero-order valence-electron chi connectivity index (χ0n) is 24.3. The van der Waals surface area contributed by atoms with Gasteiger partial charge in [0, 0.05) is 43.2 Å². The van der Waals surface area contributed by atoms with E-state index in [0.29, 0.717) is 41.8 Å². The van der Waals surface area contributed by atoms with Gasteiger partial charge in [-0.2, -0.15) is 0 Å². The number of carboxylic acids is 1. The number of pyridine rings is 1. The monoisotopic (exact) mass is 563 g/mol. The predicted molar refractivity (Wildman–Crippen MR) is 164 cm³/mol. The van der Waals surface area contributed by atoms with Gasteiger partial charge in [0.1, 0.15) is 0 Å². The molecule has 42 heavy (non-hydrogen) atoms. The Morgan fingerprint density at radius 2 is 1.43 bits per heavy atom. The largest absolute Gasteiger partial charge is 0.481 e. The Morgan fingerprint density at radius 1 is 0.786 bits per heavy atom. The van der Waals surface area contributed by atoms with Crippen molar-refractivity contribution in [3.8, 4) is 11.1 Å². The maximum atomic E-state index is 13.9. The molecule has 0 atom stereocenters. The zero-order valence-corrected chi connectivity index (χ0v) is 24.3. The average molecular weight is 564 g/mol. The van der Waals surface area contributed by atoms with E-state index in [1.807, 2.05) is 48.5 Å². The first-order valence-electron chi connectivity index (χ1n) is 14.1. The van der Waals surface area contributed by atoms with E-state index < -0.39 is 5.97 Å². The van der Waals surface area contributed by atoms with Crippen LogP contribution in [0, 0.1) is 0 Å². The summed E-state index contributed by atoms with van der Waals surface area (Å²) in [5.41, 5.74) is 5.33. The van der Waals surface area contributed by atoms with Gasteiger partial charge in [0.25, 0.3) is 11.8 Å². The van der Waals surface area contributed by atoms with Crippen molar-refractivity contribution in [3.63, 3.8) is 0 Å². The number of nitrogens with one attached hydrogen (secondary N) is 1. The minimum atomic E-state index is -0.975. The molecule has 0 spiro atoms. The van der Waals surface area contributed by atoms with Gasteiger partial charge in [0.05, 0.1) is 6.42 Å². The number of carbonyl (C=O) groups is 3. The zero-order chi connectivity index (χ0) is 30.1. The lowest BCUT2D eigenvalue weighted by atomic mass is 9.87. The molecule has 7 heteroatoms. The summed E-state index contributed by atoms with van der Waals surface area (Å²) in [6.07, 6.45) is 3.79. The highest BCUT2D eigenvalue weighted by molar-refractivity contribution is 6.06. The van der Waals surface area contributed by atoms with Crippen molar-refractivity contribution in [1.82, 2.24) is 15.2 Å². The van der Waals surface area contributed by atoms with E-state index in [1.165, 1.54) is 5.56 Å². The van der Waals surface area contributed by atoms with Gasteiger partial charge in [-0.25, -0.2) is 0 Å². The Bertz CT molecular complexity index is 1530. The van der Waals surface area contributed by atoms with Gasteiger partial charge in [0.15, 0.2) is 0 Å². The number of nitrogens with zero attached hydrogens (tertiary/aromatic N) is 2. The minimum absolute atomic E-state index is 0.0491. The quantitative estimate of drug-likeness (QED) is 0.229. The Balaban J connectivity index is 1.57. The highest BCUT2D eigenvalue weighted by atomic mass is 16.4. The summed E-state index contributed by atoms with van der Waals surface area (Å²) in [5, 5.41) is 12.3. The highest BCUT2D eigenvalue weighted by Crippen LogP contribution is 2.29. The molecule has 2 amide bonds. The third kappa shape index (κ3) is 7.91.